The molecule has 0 atom stereocenters. The van der Waals surface area contributed by atoms with E-state index in [1.807, 2.05) is 19.9 Å². The molecule has 114 valence electrons. The van der Waals surface area contributed by atoms with Crippen LogP contribution in [0.3, 0.4) is 0 Å². The number of rotatable bonds is 2. The Bertz CT molecular complexity index is 881. The summed E-state index contributed by atoms with van der Waals surface area (Å²) in [5.41, 5.74) is 1.76. The van der Waals surface area contributed by atoms with Gasteiger partial charge in [-0.2, -0.15) is 0 Å². The molecule has 1 aliphatic rings. The number of fused-ring (bicyclic) bond motifs is 4. The summed E-state index contributed by atoms with van der Waals surface area (Å²) in [5.74, 6) is 1.84. The van der Waals surface area contributed by atoms with E-state index in [4.69, 9.17) is 18.6 Å². The first-order valence-corrected chi connectivity index (χ1v) is 8.38. The number of hydrogen-bond donors (Lipinski definition) is 0. The van der Waals surface area contributed by atoms with E-state index < -0.39 is 5.60 Å². The van der Waals surface area contributed by atoms with Crippen molar-refractivity contribution in [3.63, 3.8) is 0 Å². The molecule has 0 aliphatic carbocycles. The third-order valence-electron chi connectivity index (χ3n) is 3.81. The van der Waals surface area contributed by atoms with Gasteiger partial charge in [0.05, 0.1) is 0 Å². The zero-order chi connectivity index (χ0) is 15.5. The topological polar surface area (TPSA) is 66.6 Å². The number of benzene rings is 1. The average Bonchev–Trinajstić information content (AvgIpc) is 3.13. The van der Waals surface area contributed by atoms with Crippen molar-refractivity contribution in [1.29, 1.82) is 0 Å². The molecular formula is C15H14N2O4Se. The molecule has 2 aromatic heterocycles. The fourth-order valence-corrected chi connectivity index (χ4v) is 4.34. The number of nitrogens with zero attached hydrogens (tertiary/aromatic N) is 2. The van der Waals surface area contributed by atoms with E-state index in [0.29, 0.717) is 22.8 Å². The number of furan rings is 1. The summed E-state index contributed by atoms with van der Waals surface area (Å²) in [7, 11) is 3.23. The maximum absolute atomic E-state index is 6.25. The van der Waals surface area contributed by atoms with E-state index in [2.05, 4.69) is 9.19 Å². The van der Waals surface area contributed by atoms with E-state index in [1.54, 1.807) is 20.5 Å². The predicted molar refractivity (Wildman–Crippen MR) is 80.9 cm³/mol. The molecule has 22 heavy (non-hydrogen) atoms. The molecule has 4 rings (SSSR count). The second-order valence-corrected chi connectivity index (χ2v) is 7.08. The van der Waals surface area contributed by atoms with Gasteiger partial charge in [-0.05, 0) is 0 Å². The summed E-state index contributed by atoms with van der Waals surface area (Å²) in [6.07, 6.45) is 1.61. The molecule has 0 N–H and O–H groups in total. The van der Waals surface area contributed by atoms with Gasteiger partial charge in [0.2, 0.25) is 0 Å². The molecule has 7 heteroatoms. The van der Waals surface area contributed by atoms with E-state index in [9.17, 15) is 0 Å². The number of aromatic nitrogens is 2. The molecule has 1 aromatic carbocycles. The van der Waals surface area contributed by atoms with E-state index in [1.165, 1.54) is 0 Å². The van der Waals surface area contributed by atoms with Crippen molar-refractivity contribution in [2.45, 2.75) is 19.4 Å². The van der Waals surface area contributed by atoms with Gasteiger partial charge in [0.15, 0.2) is 0 Å². The monoisotopic (exact) mass is 366 g/mol. The van der Waals surface area contributed by atoms with Crippen LogP contribution < -0.4 is 14.2 Å². The second-order valence-electron chi connectivity index (χ2n) is 5.50. The van der Waals surface area contributed by atoms with E-state index in [0.717, 1.165) is 21.1 Å². The Balaban J connectivity index is 2.19. The third kappa shape index (κ3) is 1.61. The van der Waals surface area contributed by atoms with Crippen molar-refractivity contribution in [3.8, 4) is 28.5 Å². The zero-order valence-electron chi connectivity index (χ0n) is 12.6. The van der Waals surface area contributed by atoms with Gasteiger partial charge in [-0.15, -0.1) is 0 Å². The molecule has 0 saturated carbocycles. The molecule has 3 aromatic rings. The normalized spacial score (nSPS) is 15.1. The minimum atomic E-state index is -0.482. The van der Waals surface area contributed by atoms with Gasteiger partial charge in [-0.3, -0.25) is 0 Å². The summed E-state index contributed by atoms with van der Waals surface area (Å²) >= 11 is -0.0554. The van der Waals surface area contributed by atoms with Gasteiger partial charge in [-0.25, -0.2) is 0 Å². The number of methoxy groups -OCH3 is 2. The summed E-state index contributed by atoms with van der Waals surface area (Å²) in [6.45, 7) is 4.03. The quantitative estimate of drug-likeness (QED) is 0.651. The van der Waals surface area contributed by atoms with Crippen LogP contribution in [0.25, 0.3) is 22.2 Å². The molecule has 1 aliphatic heterocycles. The summed E-state index contributed by atoms with van der Waals surface area (Å²) in [4.78, 5) is 0. The Labute approximate surface area is 133 Å². The van der Waals surface area contributed by atoms with Crippen LogP contribution >= 0.6 is 0 Å². The first-order chi connectivity index (χ1) is 10.6. The van der Waals surface area contributed by atoms with Gasteiger partial charge in [-0.1, -0.05) is 0 Å². The molecule has 0 bridgehead atoms. The Morgan fingerprint density at radius 1 is 1.18 bits per heavy atom. The second kappa shape index (κ2) is 4.51. The SMILES string of the molecule is COc1c2c(c(OC)c3occc13)OC(C)(C)c1[se]nnc1-2. The van der Waals surface area contributed by atoms with Gasteiger partial charge < -0.3 is 0 Å². The van der Waals surface area contributed by atoms with Crippen molar-refractivity contribution in [3.05, 3.63) is 16.8 Å². The fraction of sp³-hybridized carbons (Fsp3) is 0.333. The number of hydrogen-bond acceptors (Lipinski definition) is 6. The molecule has 0 spiro atoms. The molecule has 0 radical (unpaired) electrons. The van der Waals surface area contributed by atoms with Gasteiger partial charge >= 0.3 is 132 Å². The predicted octanol–water partition coefficient (Wildman–Crippen LogP) is 2.59. The maximum atomic E-state index is 6.25. The van der Waals surface area contributed by atoms with Crippen LogP contribution in [-0.4, -0.2) is 38.1 Å². The van der Waals surface area contributed by atoms with Crippen molar-refractivity contribution < 1.29 is 18.6 Å². The van der Waals surface area contributed by atoms with Crippen LogP contribution in [-0.2, 0) is 5.60 Å². The number of ether oxygens (including phenoxy) is 3. The van der Waals surface area contributed by atoms with Crippen LogP contribution in [0.15, 0.2) is 16.7 Å². The van der Waals surface area contributed by atoms with Crippen LogP contribution in [0.1, 0.15) is 18.3 Å². The standard InChI is InChI=1S/C15H14N2O4Se/c1-15(2)14-9(16-17-22-14)8-10(18-3)7-5-6-20-11(7)13(19-4)12(8)21-15/h5-6H,1-4H3. The van der Waals surface area contributed by atoms with E-state index in [-0.39, 0.29) is 14.7 Å². The van der Waals surface area contributed by atoms with Crippen LogP contribution in [0.4, 0.5) is 0 Å². The third-order valence-corrected chi connectivity index (χ3v) is 5.98. The van der Waals surface area contributed by atoms with Gasteiger partial charge in [0.1, 0.15) is 0 Å². The Kier molecular flexibility index (Phi) is 2.80. The Hall–Kier alpha value is -1.98. The molecule has 6 nitrogen and oxygen atoms in total. The molecular weight excluding hydrogens is 351 g/mol. The summed E-state index contributed by atoms with van der Waals surface area (Å²) in [5, 5.41) is 5.19. The molecule has 0 saturated heterocycles. The Morgan fingerprint density at radius 2 is 1.95 bits per heavy atom. The Morgan fingerprint density at radius 3 is 2.68 bits per heavy atom. The van der Waals surface area contributed by atoms with Crippen LogP contribution in [0, 0.1) is 0 Å². The van der Waals surface area contributed by atoms with Gasteiger partial charge in [0, 0.05) is 0 Å². The molecule has 0 unspecified atom stereocenters. The minimum absolute atomic E-state index is 0.0554. The summed E-state index contributed by atoms with van der Waals surface area (Å²) < 4.78 is 28.4. The van der Waals surface area contributed by atoms with Crippen LogP contribution in [0.5, 0.6) is 17.2 Å². The van der Waals surface area contributed by atoms with Crippen molar-refractivity contribution in [2.24, 2.45) is 0 Å². The first kappa shape index (κ1) is 13.7. The van der Waals surface area contributed by atoms with Gasteiger partial charge in [0.25, 0.3) is 0 Å². The average molecular weight is 365 g/mol. The zero-order valence-corrected chi connectivity index (χ0v) is 14.3. The van der Waals surface area contributed by atoms with Crippen molar-refractivity contribution >= 4 is 25.7 Å². The fourth-order valence-electron chi connectivity index (χ4n) is 2.88. The van der Waals surface area contributed by atoms with E-state index >= 15 is 0 Å². The summed E-state index contributed by atoms with van der Waals surface area (Å²) in [6, 6.07) is 1.86. The van der Waals surface area contributed by atoms with Crippen molar-refractivity contribution in [2.75, 3.05) is 14.2 Å². The first-order valence-electron chi connectivity index (χ1n) is 6.76. The van der Waals surface area contributed by atoms with Crippen LogP contribution in [0.2, 0.25) is 0 Å². The molecule has 3 heterocycles. The van der Waals surface area contributed by atoms with Crippen molar-refractivity contribution in [1.82, 2.24) is 9.19 Å². The molecule has 0 amide bonds. The molecule has 0 fully saturated rings.